The Morgan fingerprint density at radius 2 is 1.70 bits per heavy atom. The van der Waals surface area contributed by atoms with Gasteiger partial charge in [0.1, 0.15) is 11.6 Å². The Morgan fingerprint density at radius 1 is 1.04 bits per heavy atom. The SMILES string of the molecule is CC(C)c1cc(CCc2ccc(F)c(C#CC3CC3)c2)ccc1OC(F)F. The number of hydrogen-bond donors (Lipinski definition) is 0. The van der Waals surface area contributed by atoms with Crippen molar-refractivity contribution in [3.63, 3.8) is 0 Å². The van der Waals surface area contributed by atoms with Crippen LogP contribution >= 0.6 is 0 Å². The molecular formula is C23H23F3O. The lowest BCUT2D eigenvalue weighted by Gasteiger charge is -2.15. The van der Waals surface area contributed by atoms with Gasteiger partial charge in [-0.1, -0.05) is 43.9 Å². The molecule has 1 saturated carbocycles. The van der Waals surface area contributed by atoms with Crippen LogP contribution in [0.2, 0.25) is 0 Å². The van der Waals surface area contributed by atoms with Crippen LogP contribution in [0, 0.1) is 23.6 Å². The van der Waals surface area contributed by atoms with Crippen molar-refractivity contribution in [2.24, 2.45) is 5.92 Å². The van der Waals surface area contributed by atoms with Gasteiger partial charge in [0.15, 0.2) is 0 Å². The second-order valence-corrected chi connectivity index (χ2v) is 7.26. The Morgan fingerprint density at radius 3 is 2.33 bits per heavy atom. The standard InChI is InChI=1S/C23H23F3O/c1-15(2)20-14-18(9-12-22(20)27-23(25)26)6-5-17-8-11-21(24)19(13-17)10-7-16-3-4-16/h8-9,11-16,23H,3-6H2,1-2H3. The second-order valence-electron chi connectivity index (χ2n) is 7.26. The summed E-state index contributed by atoms with van der Waals surface area (Å²) < 4.78 is 43.6. The largest absolute Gasteiger partial charge is 0.435 e. The van der Waals surface area contributed by atoms with E-state index in [4.69, 9.17) is 0 Å². The molecular weight excluding hydrogens is 349 g/mol. The van der Waals surface area contributed by atoms with Gasteiger partial charge < -0.3 is 4.74 Å². The van der Waals surface area contributed by atoms with Crippen molar-refractivity contribution in [1.82, 2.24) is 0 Å². The highest BCUT2D eigenvalue weighted by Gasteiger charge is 2.18. The van der Waals surface area contributed by atoms with E-state index in [2.05, 4.69) is 16.6 Å². The van der Waals surface area contributed by atoms with Crippen LogP contribution in [-0.2, 0) is 12.8 Å². The van der Waals surface area contributed by atoms with Gasteiger partial charge in [-0.15, -0.1) is 0 Å². The van der Waals surface area contributed by atoms with E-state index in [-0.39, 0.29) is 17.5 Å². The molecule has 1 nitrogen and oxygen atoms in total. The van der Waals surface area contributed by atoms with Crippen LogP contribution in [0.1, 0.15) is 54.9 Å². The number of rotatable bonds is 6. The molecule has 0 N–H and O–H groups in total. The number of alkyl halides is 2. The zero-order valence-electron chi connectivity index (χ0n) is 15.6. The lowest BCUT2D eigenvalue weighted by molar-refractivity contribution is -0.0505. The van der Waals surface area contributed by atoms with Crippen LogP contribution in [-0.4, -0.2) is 6.61 Å². The first-order chi connectivity index (χ1) is 12.9. The Labute approximate surface area is 158 Å². The van der Waals surface area contributed by atoms with Crippen LogP contribution in [0.4, 0.5) is 13.2 Å². The van der Waals surface area contributed by atoms with Crippen LogP contribution in [0.25, 0.3) is 0 Å². The maximum atomic E-state index is 13.9. The molecule has 0 radical (unpaired) electrons. The molecule has 2 aromatic rings. The first-order valence-electron chi connectivity index (χ1n) is 9.30. The summed E-state index contributed by atoms with van der Waals surface area (Å²) >= 11 is 0. The molecule has 0 aromatic heterocycles. The maximum absolute atomic E-state index is 13.9. The third kappa shape index (κ3) is 5.53. The fraction of sp³-hybridized carbons (Fsp3) is 0.391. The summed E-state index contributed by atoms with van der Waals surface area (Å²) in [5, 5.41) is 0. The summed E-state index contributed by atoms with van der Waals surface area (Å²) in [6, 6.07) is 10.4. The zero-order valence-corrected chi connectivity index (χ0v) is 15.6. The third-order valence-electron chi connectivity index (χ3n) is 4.63. The molecule has 0 amide bonds. The summed E-state index contributed by atoms with van der Waals surface area (Å²) in [4.78, 5) is 0. The average molecular weight is 372 g/mol. The van der Waals surface area contributed by atoms with Gasteiger partial charge >= 0.3 is 6.61 Å². The molecule has 1 fully saturated rings. The van der Waals surface area contributed by atoms with Crippen molar-refractivity contribution in [2.75, 3.05) is 0 Å². The number of benzene rings is 2. The number of halogens is 3. The maximum Gasteiger partial charge on any atom is 0.387 e. The minimum Gasteiger partial charge on any atom is -0.435 e. The predicted octanol–water partition coefficient (Wildman–Crippen LogP) is 6.10. The average Bonchev–Trinajstić information content (AvgIpc) is 3.44. The quantitative estimate of drug-likeness (QED) is 0.557. The van der Waals surface area contributed by atoms with Crippen molar-refractivity contribution in [3.05, 3.63) is 64.5 Å². The molecule has 1 aliphatic rings. The highest BCUT2D eigenvalue weighted by molar-refractivity contribution is 5.41. The normalized spacial score (nSPS) is 13.6. The zero-order chi connectivity index (χ0) is 19.4. The van der Waals surface area contributed by atoms with Gasteiger partial charge in [0.05, 0.1) is 5.56 Å². The van der Waals surface area contributed by atoms with Crippen molar-refractivity contribution < 1.29 is 17.9 Å². The van der Waals surface area contributed by atoms with E-state index in [9.17, 15) is 13.2 Å². The van der Waals surface area contributed by atoms with Gasteiger partial charge in [-0.05, 0) is 66.5 Å². The van der Waals surface area contributed by atoms with E-state index in [1.165, 1.54) is 6.07 Å². The Hall–Kier alpha value is -2.41. The van der Waals surface area contributed by atoms with Gasteiger partial charge in [-0.2, -0.15) is 8.78 Å². The van der Waals surface area contributed by atoms with E-state index in [1.807, 2.05) is 26.0 Å². The van der Waals surface area contributed by atoms with Gasteiger partial charge in [0.25, 0.3) is 0 Å². The number of aryl methyl sites for hydroxylation is 2. The van der Waals surface area contributed by atoms with Gasteiger partial charge in [0, 0.05) is 5.92 Å². The second kappa shape index (κ2) is 8.52. The van der Waals surface area contributed by atoms with Crippen molar-refractivity contribution in [3.8, 4) is 17.6 Å². The molecule has 0 aliphatic heterocycles. The molecule has 0 unspecified atom stereocenters. The Bertz CT molecular complexity index is 858. The molecule has 0 saturated heterocycles. The predicted molar refractivity (Wildman–Crippen MR) is 101 cm³/mol. The summed E-state index contributed by atoms with van der Waals surface area (Å²) in [7, 11) is 0. The number of hydrogen-bond acceptors (Lipinski definition) is 1. The minimum absolute atomic E-state index is 0.0776. The molecule has 142 valence electrons. The summed E-state index contributed by atoms with van der Waals surface area (Å²) in [5.74, 6) is 6.48. The molecule has 2 aromatic carbocycles. The van der Waals surface area contributed by atoms with E-state index in [1.54, 1.807) is 18.2 Å². The lowest BCUT2D eigenvalue weighted by atomic mass is 9.96. The van der Waals surface area contributed by atoms with E-state index < -0.39 is 6.61 Å². The molecule has 4 heteroatoms. The highest BCUT2D eigenvalue weighted by atomic mass is 19.3. The Kier molecular flexibility index (Phi) is 6.11. The van der Waals surface area contributed by atoms with Crippen molar-refractivity contribution in [1.29, 1.82) is 0 Å². The topological polar surface area (TPSA) is 9.23 Å². The van der Waals surface area contributed by atoms with Crippen LogP contribution < -0.4 is 4.74 Å². The molecule has 0 heterocycles. The van der Waals surface area contributed by atoms with Crippen LogP contribution in [0.15, 0.2) is 36.4 Å². The van der Waals surface area contributed by atoms with Crippen molar-refractivity contribution >= 4 is 0 Å². The van der Waals surface area contributed by atoms with Crippen LogP contribution in [0.5, 0.6) is 5.75 Å². The van der Waals surface area contributed by atoms with E-state index >= 15 is 0 Å². The van der Waals surface area contributed by atoms with Gasteiger partial charge in [0.2, 0.25) is 0 Å². The monoisotopic (exact) mass is 372 g/mol. The summed E-state index contributed by atoms with van der Waals surface area (Å²) in [6.07, 6.45) is 3.68. The van der Waals surface area contributed by atoms with E-state index in [0.717, 1.165) is 42.4 Å². The Balaban J connectivity index is 1.72. The summed E-state index contributed by atoms with van der Waals surface area (Å²) in [5.41, 5.74) is 3.26. The smallest absolute Gasteiger partial charge is 0.387 e. The highest BCUT2D eigenvalue weighted by Crippen LogP contribution is 2.30. The molecule has 1 aliphatic carbocycles. The molecule has 0 atom stereocenters. The summed E-state index contributed by atoms with van der Waals surface area (Å²) in [6.45, 7) is 1.06. The fourth-order valence-electron chi connectivity index (χ4n) is 2.93. The first-order valence-corrected chi connectivity index (χ1v) is 9.30. The molecule has 0 spiro atoms. The van der Waals surface area contributed by atoms with Crippen molar-refractivity contribution in [2.45, 2.75) is 52.1 Å². The third-order valence-corrected chi connectivity index (χ3v) is 4.63. The minimum atomic E-state index is -2.83. The first kappa shape index (κ1) is 19.4. The van der Waals surface area contributed by atoms with Gasteiger partial charge in [-0.25, -0.2) is 4.39 Å². The van der Waals surface area contributed by atoms with Crippen LogP contribution in [0.3, 0.4) is 0 Å². The van der Waals surface area contributed by atoms with Gasteiger partial charge in [-0.3, -0.25) is 0 Å². The molecule has 27 heavy (non-hydrogen) atoms. The fourth-order valence-corrected chi connectivity index (χ4v) is 2.93. The molecule has 0 bridgehead atoms. The van der Waals surface area contributed by atoms with E-state index in [0.29, 0.717) is 11.5 Å². The molecule has 3 rings (SSSR count). The lowest BCUT2D eigenvalue weighted by Crippen LogP contribution is -2.06. The number of ether oxygens (including phenoxy) is 1.